The zero-order valence-corrected chi connectivity index (χ0v) is 18.9. The van der Waals surface area contributed by atoms with Crippen molar-refractivity contribution in [2.45, 2.75) is 38.6 Å². The molecule has 0 radical (unpaired) electrons. The van der Waals surface area contributed by atoms with E-state index in [0.29, 0.717) is 36.8 Å². The molecule has 0 saturated carbocycles. The molecule has 2 atom stereocenters. The molecule has 0 aliphatic carbocycles. The number of nitrogens with zero attached hydrogens (tertiary/aromatic N) is 1. The standard InChI is InChI=1S/C26H32N2O4/c1-18(20-6-4-3-5-7-20)17-27-26(30)19(2)28-12-10-21(11-13-28)25(29)22-8-9-23-24(16-22)32-15-14-31-23/h3-9,16,18-19,21H,10-15,17H2,1-2H3,(H,27,30). The quantitative estimate of drug-likeness (QED) is 0.671. The number of rotatable bonds is 7. The van der Waals surface area contributed by atoms with Gasteiger partial charge in [-0.15, -0.1) is 0 Å². The summed E-state index contributed by atoms with van der Waals surface area (Å²) in [5, 5.41) is 3.09. The Kier molecular flexibility index (Phi) is 7.10. The summed E-state index contributed by atoms with van der Waals surface area (Å²) in [5.74, 6) is 1.78. The van der Waals surface area contributed by atoms with Gasteiger partial charge in [0.05, 0.1) is 6.04 Å². The summed E-state index contributed by atoms with van der Waals surface area (Å²) in [7, 11) is 0. The predicted octanol–water partition coefficient (Wildman–Crippen LogP) is 3.66. The smallest absolute Gasteiger partial charge is 0.237 e. The molecular weight excluding hydrogens is 404 g/mol. The number of benzene rings is 2. The van der Waals surface area contributed by atoms with Crippen LogP contribution in [-0.2, 0) is 4.79 Å². The first-order valence-corrected chi connectivity index (χ1v) is 11.5. The van der Waals surface area contributed by atoms with Crippen molar-refractivity contribution in [1.29, 1.82) is 0 Å². The highest BCUT2D eigenvalue weighted by atomic mass is 16.6. The summed E-state index contributed by atoms with van der Waals surface area (Å²) in [6.07, 6.45) is 1.51. The lowest BCUT2D eigenvalue weighted by atomic mass is 9.88. The third-order valence-electron chi connectivity index (χ3n) is 6.61. The van der Waals surface area contributed by atoms with Gasteiger partial charge in [0.1, 0.15) is 13.2 Å². The lowest BCUT2D eigenvalue weighted by molar-refractivity contribution is -0.126. The molecule has 4 rings (SSSR count). The Morgan fingerprint density at radius 1 is 1.00 bits per heavy atom. The molecule has 2 unspecified atom stereocenters. The number of Topliss-reactive ketones (excluding diaryl/α,β-unsaturated/α-hetero) is 1. The topological polar surface area (TPSA) is 67.9 Å². The second-order valence-electron chi connectivity index (χ2n) is 8.77. The molecule has 2 aromatic rings. The minimum Gasteiger partial charge on any atom is -0.486 e. The van der Waals surface area contributed by atoms with Gasteiger partial charge in [0, 0.05) is 18.0 Å². The number of hydrogen-bond donors (Lipinski definition) is 1. The van der Waals surface area contributed by atoms with Crippen molar-refractivity contribution in [3.05, 3.63) is 59.7 Å². The second-order valence-corrected chi connectivity index (χ2v) is 8.77. The number of nitrogens with one attached hydrogen (secondary N) is 1. The Morgan fingerprint density at radius 3 is 2.41 bits per heavy atom. The lowest BCUT2D eigenvalue weighted by Crippen LogP contribution is -2.49. The van der Waals surface area contributed by atoms with Crippen molar-refractivity contribution in [1.82, 2.24) is 10.2 Å². The van der Waals surface area contributed by atoms with E-state index in [0.717, 1.165) is 25.9 Å². The zero-order chi connectivity index (χ0) is 22.5. The molecule has 2 aromatic carbocycles. The summed E-state index contributed by atoms with van der Waals surface area (Å²) in [6, 6.07) is 15.5. The van der Waals surface area contributed by atoms with Crippen LogP contribution in [0.3, 0.4) is 0 Å². The van der Waals surface area contributed by atoms with Crippen molar-refractivity contribution in [2.24, 2.45) is 5.92 Å². The molecule has 32 heavy (non-hydrogen) atoms. The average molecular weight is 437 g/mol. The Morgan fingerprint density at radius 2 is 1.69 bits per heavy atom. The SMILES string of the molecule is CC(CNC(=O)C(C)N1CCC(C(=O)c2ccc3c(c2)OCCO3)CC1)c1ccccc1. The summed E-state index contributed by atoms with van der Waals surface area (Å²) >= 11 is 0. The average Bonchev–Trinajstić information content (AvgIpc) is 2.86. The van der Waals surface area contributed by atoms with Crippen LogP contribution in [0.2, 0.25) is 0 Å². The molecule has 170 valence electrons. The van der Waals surface area contributed by atoms with Crippen LogP contribution in [0.4, 0.5) is 0 Å². The maximum absolute atomic E-state index is 13.0. The van der Waals surface area contributed by atoms with Crippen molar-refractivity contribution in [3.8, 4) is 11.5 Å². The maximum atomic E-state index is 13.0. The van der Waals surface area contributed by atoms with Gasteiger partial charge in [0.2, 0.25) is 5.91 Å². The van der Waals surface area contributed by atoms with Gasteiger partial charge in [0.25, 0.3) is 0 Å². The van der Waals surface area contributed by atoms with Crippen molar-refractivity contribution in [2.75, 3.05) is 32.8 Å². The molecule has 6 nitrogen and oxygen atoms in total. The van der Waals surface area contributed by atoms with E-state index in [1.807, 2.05) is 37.3 Å². The van der Waals surface area contributed by atoms with Crippen LogP contribution < -0.4 is 14.8 Å². The Balaban J connectivity index is 1.26. The van der Waals surface area contributed by atoms with Gasteiger partial charge in [-0.05, 0) is 62.5 Å². The number of fused-ring (bicyclic) bond motifs is 1. The first-order chi connectivity index (χ1) is 15.5. The second kappa shape index (κ2) is 10.2. The van der Waals surface area contributed by atoms with Crippen LogP contribution in [0, 0.1) is 5.92 Å². The van der Waals surface area contributed by atoms with Gasteiger partial charge < -0.3 is 14.8 Å². The molecule has 2 aliphatic heterocycles. The Labute approximate surface area is 189 Å². The van der Waals surface area contributed by atoms with Gasteiger partial charge in [-0.2, -0.15) is 0 Å². The van der Waals surface area contributed by atoms with Crippen LogP contribution in [0.25, 0.3) is 0 Å². The highest BCUT2D eigenvalue weighted by Crippen LogP contribution is 2.32. The predicted molar refractivity (Wildman–Crippen MR) is 123 cm³/mol. The van der Waals surface area contributed by atoms with E-state index in [1.54, 1.807) is 6.07 Å². The number of likely N-dealkylation sites (tertiary alicyclic amines) is 1. The fraction of sp³-hybridized carbons (Fsp3) is 0.462. The summed E-state index contributed by atoms with van der Waals surface area (Å²) < 4.78 is 11.2. The Bertz CT molecular complexity index is 938. The molecule has 0 spiro atoms. The molecule has 2 heterocycles. The van der Waals surface area contributed by atoms with Crippen LogP contribution in [0.1, 0.15) is 48.5 Å². The van der Waals surface area contributed by atoms with Gasteiger partial charge in [0.15, 0.2) is 17.3 Å². The zero-order valence-electron chi connectivity index (χ0n) is 18.9. The molecule has 0 bridgehead atoms. The molecule has 6 heteroatoms. The van der Waals surface area contributed by atoms with Crippen molar-refractivity contribution >= 4 is 11.7 Å². The minimum absolute atomic E-state index is 0.0258. The summed E-state index contributed by atoms with van der Waals surface area (Å²) in [6.45, 7) is 7.21. The van der Waals surface area contributed by atoms with Crippen LogP contribution in [0.5, 0.6) is 11.5 Å². The molecular formula is C26H32N2O4. The van der Waals surface area contributed by atoms with Gasteiger partial charge in [-0.1, -0.05) is 37.3 Å². The highest BCUT2D eigenvalue weighted by Gasteiger charge is 2.30. The van der Waals surface area contributed by atoms with Gasteiger partial charge >= 0.3 is 0 Å². The lowest BCUT2D eigenvalue weighted by Gasteiger charge is -2.35. The van der Waals surface area contributed by atoms with Crippen LogP contribution in [-0.4, -0.2) is 55.5 Å². The van der Waals surface area contributed by atoms with Gasteiger partial charge in [-0.3, -0.25) is 14.5 Å². The van der Waals surface area contributed by atoms with E-state index in [4.69, 9.17) is 9.47 Å². The number of ether oxygens (including phenoxy) is 2. The summed E-state index contributed by atoms with van der Waals surface area (Å²) in [5.41, 5.74) is 1.90. The molecule has 1 saturated heterocycles. The molecule has 2 aliphatic rings. The highest BCUT2D eigenvalue weighted by molar-refractivity contribution is 5.98. The van der Waals surface area contributed by atoms with E-state index in [1.165, 1.54) is 5.56 Å². The first kappa shape index (κ1) is 22.3. The number of amides is 1. The normalized spacial score (nSPS) is 18.6. The van der Waals surface area contributed by atoms with Gasteiger partial charge in [-0.25, -0.2) is 0 Å². The maximum Gasteiger partial charge on any atom is 0.237 e. The van der Waals surface area contributed by atoms with E-state index < -0.39 is 0 Å². The third kappa shape index (κ3) is 5.13. The number of ketones is 1. The third-order valence-corrected chi connectivity index (χ3v) is 6.61. The number of piperidine rings is 1. The Hall–Kier alpha value is -2.86. The molecule has 1 fully saturated rings. The van der Waals surface area contributed by atoms with Crippen molar-refractivity contribution < 1.29 is 19.1 Å². The van der Waals surface area contributed by atoms with E-state index in [2.05, 4.69) is 29.3 Å². The first-order valence-electron chi connectivity index (χ1n) is 11.5. The monoisotopic (exact) mass is 436 g/mol. The minimum atomic E-state index is -0.205. The molecule has 1 N–H and O–H groups in total. The fourth-order valence-electron chi connectivity index (χ4n) is 4.45. The van der Waals surface area contributed by atoms with E-state index in [-0.39, 0.29) is 29.6 Å². The summed E-state index contributed by atoms with van der Waals surface area (Å²) in [4.78, 5) is 27.9. The van der Waals surface area contributed by atoms with E-state index >= 15 is 0 Å². The number of carbonyl (C=O) groups is 2. The largest absolute Gasteiger partial charge is 0.486 e. The number of hydrogen-bond acceptors (Lipinski definition) is 5. The fourth-order valence-corrected chi connectivity index (χ4v) is 4.45. The van der Waals surface area contributed by atoms with Crippen molar-refractivity contribution in [3.63, 3.8) is 0 Å². The number of carbonyl (C=O) groups excluding carboxylic acids is 2. The van der Waals surface area contributed by atoms with E-state index in [9.17, 15) is 9.59 Å². The van der Waals surface area contributed by atoms with Crippen LogP contribution in [0.15, 0.2) is 48.5 Å². The molecule has 0 aromatic heterocycles. The molecule has 1 amide bonds. The van der Waals surface area contributed by atoms with Crippen LogP contribution >= 0.6 is 0 Å².